The Bertz CT molecular complexity index is 387. The molecule has 0 fully saturated rings. The van der Waals surface area contributed by atoms with Gasteiger partial charge in [0.15, 0.2) is 0 Å². The molecule has 0 spiro atoms. The minimum Gasteiger partial charge on any atom is -0.481 e. The molecule has 0 heterocycles. The SMILES string of the molecule is C.C.NCC(CN)C(=O)O.NCC(CN)CC(=O)O.NCCC(CCN)C(=O)O. The Kier molecular flexibility index (Phi) is 34.2. The molecular formula is C17H44N6O6. The standard InChI is InChI=1S/C6H14N2O2.C5H12N2O2.C4H10N2O2.2CH4/c7-3-1-5(2-4-8)6(9)10;6-2-4(3-7)1-5(8)9;5-1-3(2-6)4(7)8;;/h5H,1-4,7-8H2,(H,9,10);4H,1-3,6-7H2,(H,8,9);3H,1-2,5-6H2,(H,7,8);2*1H4. The zero-order chi connectivity index (χ0) is 21.8. The van der Waals surface area contributed by atoms with E-state index in [1.165, 1.54) is 0 Å². The lowest BCUT2D eigenvalue weighted by Gasteiger charge is -2.07. The average Bonchev–Trinajstić information content (AvgIpc) is 2.61. The van der Waals surface area contributed by atoms with Gasteiger partial charge in [-0.15, -0.1) is 0 Å². The number of nitrogens with two attached hydrogens (primary N) is 6. The number of hydrogen-bond acceptors (Lipinski definition) is 9. The molecule has 0 saturated carbocycles. The summed E-state index contributed by atoms with van der Waals surface area (Å²) in [5, 5.41) is 25.0. The van der Waals surface area contributed by atoms with Crippen LogP contribution in [0.2, 0.25) is 0 Å². The summed E-state index contributed by atoms with van der Waals surface area (Å²) in [5.74, 6) is -3.55. The minimum absolute atomic E-state index is 0. The molecule has 12 nitrogen and oxygen atoms in total. The van der Waals surface area contributed by atoms with E-state index in [-0.39, 0.29) is 46.2 Å². The van der Waals surface area contributed by atoms with Crippen molar-refractivity contribution in [1.82, 2.24) is 0 Å². The fraction of sp³-hybridized carbons (Fsp3) is 0.824. The molecular weight excluding hydrogens is 384 g/mol. The van der Waals surface area contributed by atoms with E-state index in [2.05, 4.69) is 0 Å². The molecule has 0 aliphatic carbocycles. The molecule has 29 heavy (non-hydrogen) atoms. The van der Waals surface area contributed by atoms with E-state index in [0.29, 0.717) is 39.0 Å². The van der Waals surface area contributed by atoms with Gasteiger partial charge < -0.3 is 49.7 Å². The van der Waals surface area contributed by atoms with E-state index < -0.39 is 23.8 Å². The first-order chi connectivity index (χ1) is 12.6. The Labute approximate surface area is 174 Å². The summed E-state index contributed by atoms with van der Waals surface area (Å²) in [6, 6.07) is 0. The summed E-state index contributed by atoms with van der Waals surface area (Å²) in [6.07, 6.45) is 1.12. The maximum absolute atomic E-state index is 10.4. The second-order valence-corrected chi connectivity index (χ2v) is 5.63. The van der Waals surface area contributed by atoms with Crippen molar-refractivity contribution in [3.8, 4) is 0 Å². The lowest BCUT2D eigenvalue weighted by molar-refractivity contribution is -0.142. The maximum atomic E-state index is 10.4. The Hall–Kier alpha value is -1.83. The van der Waals surface area contributed by atoms with Gasteiger partial charge in [-0.25, -0.2) is 0 Å². The molecule has 0 atom stereocenters. The third-order valence-electron chi connectivity index (χ3n) is 3.43. The van der Waals surface area contributed by atoms with Crippen molar-refractivity contribution in [3.05, 3.63) is 0 Å². The van der Waals surface area contributed by atoms with Crippen molar-refractivity contribution in [2.45, 2.75) is 34.1 Å². The molecule has 0 aromatic carbocycles. The lowest BCUT2D eigenvalue weighted by atomic mass is 10.0. The summed E-state index contributed by atoms with van der Waals surface area (Å²) in [4.78, 5) is 30.4. The number of aliphatic carboxylic acids is 3. The monoisotopic (exact) mass is 428 g/mol. The van der Waals surface area contributed by atoms with Gasteiger partial charge >= 0.3 is 17.9 Å². The van der Waals surface area contributed by atoms with Crippen molar-refractivity contribution >= 4 is 17.9 Å². The molecule has 0 bridgehead atoms. The van der Waals surface area contributed by atoms with Crippen LogP contribution in [0.3, 0.4) is 0 Å². The number of rotatable bonds is 12. The van der Waals surface area contributed by atoms with Gasteiger partial charge in [-0.05, 0) is 44.9 Å². The second-order valence-electron chi connectivity index (χ2n) is 5.63. The first-order valence-corrected chi connectivity index (χ1v) is 8.52. The Morgan fingerprint density at radius 1 is 0.621 bits per heavy atom. The van der Waals surface area contributed by atoms with E-state index >= 15 is 0 Å². The summed E-state index contributed by atoms with van der Waals surface area (Å²) in [6.45, 7) is 1.76. The van der Waals surface area contributed by atoms with Crippen LogP contribution >= 0.6 is 0 Å². The normalized spacial score (nSPS) is 9.41. The van der Waals surface area contributed by atoms with Gasteiger partial charge in [-0.1, -0.05) is 14.9 Å². The van der Waals surface area contributed by atoms with Gasteiger partial charge in [-0.3, -0.25) is 14.4 Å². The highest BCUT2D eigenvalue weighted by Gasteiger charge is 2.14. The largest absolute Gasteiger partial charge is 0.481 e. The molecule has 0 aromatic rings. The van der Waals surface area contributed by atoms with Crippen LogP contribution in [0.15, 0.2) is 0 Å². The number of hydrogen-bond donors (Lipinski definition) is 9. The van der Waals surface area contributed by atoms with Gasteiger partial charge in [-0.2, -0.15) is 0 Å². The second kappa shape index (κ2) is 26.2. The number of carboxylic acid groups (broad SMARTS) is 3. The zero-order valence-corrected chi connectivity index (χ0v) is 15.6. The lowest BCUT2D eigenvalue weighted by Crippen LogP contribution is -2.30. The van der Waals surface area contributed by atoms with Crippen LogP contribution in [-0.2, 0) is 14.4 Å². The maximum Gasteiger partial charge on any atom is 0.309 e. The minimum atomic E-state index is -0.921. The van der Waals surface area contributed by atoms with E-state index in [4.69, 9.17) is 49.7 Å². The van der Waals surface area contributed by atoms with Gasteiger partial charge in [0.1, 0.15) is 0 Å². The van der Waals surface area contributed by atoms with Crippen LogP contribution in [0.4, 0.5) is 0 Å². The van der Waals surface area contributed by atoms with Gasteiger partial charge in [0, 0.05) is 13.1 Å². The third kappa shape index (κ3) is 26.2. The Morgan fingerprint density at radius 2 is 0.966 bits per heavy atom. The highest BCUT2D eigenvalue weighted by molar-refractivity contribution is 5.70. The van der Waals surface area contributed by atoms with Crippen LogP contribution in [0.5, 0.6) is 0 Å². The van der Waals surface area contributed by atoms with E-state index in [9.17, 15) is 14.4 Å². The van der Waals surface area contributed by atoms with Gasteiger partial charge in [0.2, 0.25) is 0 Å². The first kappa shape index (κ1) is 37.9. The molecule has 0 aliphatic rings. The molecule has 0 unspecified atom stereocenters. The Morgan fingerprint density at radius 3 is 1.07 bits per heavy atom. The predicted molar refractivity (Wildman–Crippen MR) is 115 cm³/mol. The first-order valence-electron chi connectivity index (χ1n) is 8.52. The Balaban J connectivity index is -0.0000000966. The smallest absolute Gasteiger partial charge is 0.309 e. The molecule has 0 amide bonds. The molecule has 0 aromatic heterocycles. The van der Waals surface area contributed by atoms with Crippen molar-refractivity contribution < 1.29 is 29.7 Å². The highest BCUT2D eigenvalue weighted by Crippen LogP contribution is 2.05. The van der Waals surface area contributed by atoms with Crippen molar-refractivity contribution in [2.75, 3.05) is 39.3 Å². The molecule has 15 N–H and O–H groups in total. The molecule has 0 saturated heterocycles. The molecule has 0 rings (SSSR count). The van der Waals surface area contributed by atoms with E-state index in [1.807, 2.05) is 0 Å². The van der Waals surface area contributed by atoms with Crippen LogP contribution in [0.1, 0.15) is 34.1 Å². The van der Waals surface area contributed by atoms with Crippen molar-refractivity contribution in [3.63, 3.8) is 0 Å². The fourth-order valence-corrected chi connectivity index (χ4v) is 1.60. The number of carboxylic acids is 3. The van der Waals surface area contributed by atoms with Crippen LogP contribution in [-0.4, -0.2) is 72.5 Å². The molecule has 12 heteroatoms. The summed E-state index contributed by atoms with van der Waals surface area (Å²) < 4.78 is 0. The predicted octanol–water partition coefficient (Wildman–Crippen LogP) is -1.74. The van der Waals surface area contributed by atoms with E-state index in [0.717, 1.165) is 0 Å². The van der Waals surface area contributed by atoms with Crippen molar-refractivity contribution in [1.29, 1.82) is 0 Å². The van der Waals surface area contributed by atoms with Crippen LogP contribution in [0, 0.1) is 17.8 Å². The summed E-state index contributed by atoms with van der Waals surface area (Å²) in [7, 11) is 0. The highest BCUT2D eigenvalue weighted by atomic mass is 16.4. The van der Waals surface area contributed by atoms with Gasteiger partial charge in [0.25, 0.3) is 0 Å². The van der Waals surface area contributed by atoms with Crippen LogP contribution < -0.4 is 34.4 Å². The summed E-state index contributed by atoms with van der Waals surface area (Å²) in [5.41, 5.74) is 30.8. The molecule has 178 valence electrons. The number of carbonyl (C=O) groups is 3. The van der Waals surface area contributed by atoms with Gasteiger partial charge in [0.05, 0.1) is 18.3 Å². The third-order valence-corrected chi connectivity index (χ3v) is 3.43. The van der Waals surface area contributed by atoms with Crippen molar-refractivity contribution in [2.24, 2.45) is 52.2 Å². The van der Waals surface area contributed by atoms with E-state index in [1.54, 1.807) is 0 Å². The van der Waals surface area contributed by atoms with Crippen LogP contribution in [0.25, 0.3) is 0 Å². The summed E-state index contributed by atoms with van der Waals surface area (Å²) >= 11 is 0. The fourth-order valence-electron chi connectivity index (χ4n) is 1.60. The quantitative estimate of drug-likeness (QED) is 0.167. The molecule has 0 aliphatic heterocycles. The zero-order valence-electron chi connectivity index (χ0n) is 15.6. The molecule has 0 radical (unpaired) electrons. The topological polar surface area (TPSA) is 268 Å². The average molecular weight is 429 g/mol.